The van der Waals surface area contributed by atoms with Gasteiger partial charge in [-0.25, -0.2) is 0 Å². The third-order valence-corrected chi connectivity index (χ3v) is 4.06. The summed E-state index contributed by atoms with van der Waals surface area (Å²) in [7, 11) is 0. The van der Waals surface area contributed by atoms with Crippen LogP contribution in [0, 0.1) is 0 Å². The molecular formula is C18H22N2O. The average Bonchev–Trinajstić information content (AvgIpc) is 2.54. The smallest absolute Gasteiger partial charge is 0.0579 e. The number of nitrogens with one attached hydrogen (secondary N) is 1. The highest BCUT2D eigenvalue weighted by Gasteiger charge is 2.23. The molecule has 0 radical (unpaired) electrons. The van der Waals surface area contributed by atoms with Gasteiger partial charge in [-0.3, -0.25) is 4.98 Å². The molecule has 2 heterocycles. The fourth-order valence-corrected chi connectivity index (χ4v) is 2.97. The third kappa shape index (κ3) is 3.69. The SMILES string of the molecule is CC1CC(NC(c2ccccc2)c2ccncc2)CCO1. The molecule has 1 aromatic heterocycles. The Labute approximate surface area is 126 Å². The molecule has 3 atom stereocenters. The molecule has 2 aromatic rings. The van der Waals surface area contributed by atoms with E-state index in [1.54, 1.807) is 0 Å². The number of aromatic nitrogens is 1. The van der Waals surface area contributed by atoms with E-state index in [1.165, 1.54) is 11.1 Å². The van der Waals surface area contributed by atoms with Crippen molar-refractivity contribution in [3.8, 4) is 0 Å². The summed E-state index contributed by atoms with van der Waals surface area (Å²) in [5.41, 5.74) is 2.55. The molecule has 1 aliphatic rings. The lowest BCUT2D eigenvalue weighted by Crippen LogP contribution is -2.40. The number of hydrogen-bond donors (Lipinski definition) is 1. The van der Waals surface area contributed by atoms with Crippen LogP contribution in [0.2, 0.25) is 0 Å². The summed E-state index contributed by atoms with van der Waals surface area (Å²) in [5, 5.41) is 3.81. The van der Waals surface area contributed by atoms with Crippen LogP contribution in [0.25, 0.3) is 0 Å². The van der Waals surface area contributed by atoms with Crippen molar-refractivity contribution < 1.29 is 4.74 Å². The summed E-state index contributed by atoms with van der Waals surface area (Å²) in [6.45, 7) is 2.99. The Balaban J connectivity index is 1.83. The van der Waals surface area contributed by atoms with Gasteiger partial charge in [-0.1, -0.05) is 30.3 Å². The Kier molecular flexibility index (Phi) is 4.63. The summed E-state index contributed by atoms with van der Waals surface area (Å²) in [6.07, 6.45) is 6.19. The van der Waals surface area contributed by atoms with E-state index in [9.17, 15) is 0 Å². The second-order valence-corrected chi connectivity index (χ2v) is 5.69. The van der Waals surface area contributed by atoms with Crippen LogP contribution in [0.4, 0.5) is 0 Å². The van der Waals surface area contributed by atoms with Gasteiger partial charge in [0.25, 0.3) is 0 Å². The van der Waals surface area contributed by atoms with Crippen molar-refractivity contribution >= 4 is 0 Å². The molecule has 0 bridgehead atoms. The van der Waals surface area contributed by atoms with Gasteiger partial charge in [-0.05, 0) is 43.0 Å². The van der Waals surface area contributed by atoms with E-state index < -0.39 is 0 Å². The Morgan fingerprint density at radius 2 is 1.81 bits per heavy atom. The Morgan fingerprint density at radius 3 is 2.52 bits per heavy atom. The van der Waals surface area contributed by atoms with Gasteiger partial charge in [0.1, 0.15) is 0 Å². The molecule has 110 valence electrons. The molecule has 3 rings (SSSR count). The fraction of sp³-hybridized carbons (Fsp3) is 0.389. The van der Waals surface area contributed by atoms with Crippen molar-refractivity contribution in [3.63, 3.8) is 0 Å². The molecule has 0 amide bonds. The highest BCUT2D eigenvalue weighted by atomic mass is 16.5. The second-order valence-electron chi connectivity index (χ2n) is 5.69. The van der Waals surface area contributed by atoms with Crippen molar-refractivity contribution in [3.05, 3.63) is 66.0 Å². The molecule has 1 saturated heterocycles. The van der Waals surface area contributed by atoms with Gasteiger partial charge < -0.3 is 10.1 Å². The van der Waals surface area contributed by atoms with Crippen LogP contribution in [0.1, 0.15) is 36.9 Å². The highest BCUT2D eigenvalue weighted by Crippen LogP contribution is 2.24. The molecule has 3 heteroatoms. The van der Waals surface area contributed by atoms with E-state index in [4.69, 9.17) is 4.74 Å². The second kappa shape index (κ2) is 6.83. The predicted molar refractivity (Wildman–Crippen MR) is 84.1 cm³/mol. The van der Waals surface area contributed by atoms with Gasteiger partial charge in [-0.2, -0.15) is 0 Å². The number of benzene rings is 1. The molecule has 0 aliphatic carbocycles. The van der Waals surface area contributed by atoms with Crippen molar-refractivity contribution in [1.29, 1.82) is 0 Å². The van der Waals surface area contributed by atoms with Crippen molar-refractivity contribution in [2.45, 2.75) is 38.0 Å². The topological polar surface area (TPSA) is 34.2 Å². The van der Waals surface area contributed by atoms with Crippen molar-refractivity contribution in [1.82, 2.24) is 10.3 Å². The zero-order chi connectivity index (χ0) is 14.5. The largest absolute Gasteiger partial charge is 0.378 e. The van der Waals surface area contributed by atoms with Crippen LogP contribution in [0.5, 0.6) is 0 Å². The van der Waals surface area contributed by atoms with Gasteiger partial charge in [0, 0.05) is 25.0 Å². The van der Waals surface area contributed by atoms with Crippen LogP contribution < -0.4 is 5.32 Å². The lowest BCUT2D eigenvalue weighted by atomic mass is 9.96. The Morgan fingerprint density at radius 1 is 1.10 bits per heavy atom. The van der Waals surface area contributed by atoms with Gasteiger partial charge in [0.2, 0.25) is 0 Å². The molecule has 0 spiro atoms. The standard InChI is InChI=1S/C18H22N2O/c1-14-13-17(9-12-21-14)20-18(15-5-3-2-4-6-15)16-7-10-19-11-8-16/h2-8,10-11,14,17-18,20H,9,12-13H2,1H3. The minimum Gasteiger partial charge on any atom is -0.378 e. The molecular weight excluding hydrogens is 260 g/mol. The first-order valence-corrected chi connectivity index (χ1v) is 7.65. The summed E-state index contributed by atoms with van der Waals surface area (Å²) in [4.78, 5) is 4.13. The van der Waals surface area contributed by atoms with Crippen LogP contribution >= 0.6 is 0 Å². The molecule has 3 unspecified atom stereocenters. The molecule has 3 nitrogen and oxygen atoms in total. The van der Waals surface area contributed by atoms with E-state index in [0.29, 0.717) is 12.1 Å². The highest BCUT2D eigenvalue weighted by molar-refractivity contribution is 5.30. The molecule has 0 saturated carbocycles. The van der Waals surface area contributed by atoms with Gasteiger partial charge in [-0.15, -0.1) is 0 Å². The first kappa shape index (κ1) is 14.2. The monoisotopic (exact) mass is 282 g/mol. The van der Waals surface area contributed by atoms with Gasteiger partial charge >= 0.3 is 0 Å². The Hall–Kier alpha value is -1.71. The number of rotatable bonds is 4. The van der Waals surface area contributed by atoms with Crippen LogP contribution in [-0.4, -0.2) is 23.7 Å². The zero-order valence-corrected chi connectivity index (χ0v) is 12.4. The summed E-state index contributed by atoms with van der Waals surface area (Å²) < 4.78 is 5.65. The maximum absolute atomic E-state index is 5.65. The van der Waals surface area contributed by atoms with E-state index in [-0.39, 0.29) is 6.04 Å². The summed E-state index contributed by atoms with van der Waals surface area (Å²) in [5.74, 6) is 0. The minimum absolute atomic E-state index is 0.213. The summed E-state index contributed by atoms with van der Waals surface area (Å²) >= 11 is 0. The number of nitrogens with zero attached hydrogens (tertiary/aromatic N) is 1. The van der Waals surface area contributed by atoms with Crippen LogP contribution in [-0.2, 0) is 4.74 Å². The lowest BCUT2D eigenvalue weighted by Gasteiger charge is -2.32. The van der Waals surface area contributed by atoms with Crippen LogP contribution in [0.3, 0.4) is 0 Å². The predicted octanol–water partition coefficient (Wildman–Crippen LogP) is 3.33. The van der Waals surface area contributed by atoms with Gasteiger partial charge in [0.05, 0.1) is 12.1 Å². The number of pyridine rings is 1. The average molecular weight is 282 g/mol. The van der Waals surface area contributed by atoms with E-state index in [1.807, 2.05) is 12.4 Å². The zero-order valence-electron chi connectivity index (χ0n) is 12.4. The fourth-order valence-electron chi connectivity index (χ4n) is 2.97. The first-order valence-electron chi connectivity index (χ1n) is 7.65. The normalized spacial score (nSPS) is 23.7. The third-order valence-electron chi connectivity index (χ3n) is 4.06. The van der Waals surface area contributed by atoms with Crippen molar-refractivity contribution in [2.24, 2.45) is 0 Å². The lowest BCUT2D eigenvalue weighted by molar-refractivity contribution is 0.0120. The number of hydrogen-bond acceptors (Lipinski definition) is 3. The van der Waals surface area contributed by atoms with E-state index >= 15 is 0 Å². The molecule has 1 fully saturated rings. The summed E-state index contributed by atoms with van der Waals surface area (Å²) in [6, 6.07) is 15.5. The van der Waals surface area contributed by atoms with E-state index in [0.717, 1.165) is 19.4 Å². The number of ether oxygens (including phenoxy) is 1. The van der Waals surface area contributed by atoms with E-state index in [2.05, 4.69) is 59.7 Å². The van der Waals surface area contributed by atoms with Gasteiger partial charge in [0.15, 0.2) is 0 Å². The Bertz CT molecular complexity index is 504. The first-order chi connectivity index (χ1) is 10.3. The maximum Gasteiger partial charge on any atom is 0.0579 e. The van der Waals surface area contributed by atoms with Crippen molar-refractivity contribution in [2.75, 3.05) is 6.61 Å². The molecule has 21 heavy (non-hydrogen) atoms. The quantitative estimate of drug-likeness (QED) is 0.934. The van der Waals surface area contributed by atoms with Crippen LogP contribution in [0.15, 0.2) is 54.9 Å². The maximum atomic E-state index is 5.65. The molecule has 1 aromatic carbocycles. The molecule has 1 N–H and O–H groups in total. The minimum atomic E-state index is 0.213. The molecule has 1 aliphatic heterocycles.